The highest BCUT2D eigenvalue weighted by molar-refractivity contribution is 8.15. The zero-order chi connectivity index (χ0) is 12.3. The molecule has 0 spiro atoms. The SMILES string of the molecule is CCOC1=NS(=O)(=O)CC(c2ccccc2)S1. The van der Waals surface area contributed by atoms with Crippen molar-refractivity contribution in [2.45, 2.75) is 12.2 Å². The van der Waals surface area contributed by atoms with E-state index in [1.165, 1.54) is 11.8 Å². The first-order valence-electron chi connectivity index (χ1n) is 5.28. The maximum absolute atomic E-state index is 11.6. The second-order valence-corrected chi connectivity index (χ2v) is 6.39. The number of rotatable bonds is 2. The molecule has 0 radical (unpaired) electrons. The van der Waals surface area contributed by atoms with Crippen LogP contribution < -0.4 is 0 Å². The molecule has 1 aromatic carbocycles. The van der Waals surface area contributed by atoms with E-state index < -0.39 is 10.0 Å². The molecule has 4 nitrogen and oxygen atoms in total. The lowest BCUT2D eigenvalue weighted by atomic mass is 10.2. The second kappa shape index (κ2) is 5.10. The van der Waals surface area contributed by atoms with E-state index in [9.17, 15) is 8.42 Å². The normalized spacial score (nSPS) is 22.9. The first-order chi connectivity index (χ1) is 8.11. The molecule has 1 aromatic rings. The van der Waals surface area contributed by atoms with Crippen molar-refractivity contribution in [3.8, 4) is 0 Å². The fourth-order valence-corrected chi connectivity index (χ4v) is 4.49. The van der Waals surface area contributed by atoms with Crippen LogP contribution in [-0.2, 0) is 14.8 Å². The molecule has 0 aliphatic carbocycles. The average molecular weight is 271 g/mol. The smallest absolute Gasteiger partial charge is 0.262 e. The minimum absolute atomic E-state index is 0.0260. The topological polar surface area (TPSA) is 55.7 Å². The maximum Gasteiger partial charge on any atom is 0.262 e. The molecule has 0 amide bonds. The van der Waals surface area contributed by atoms with E-state index in [-0.39, 0.29) is 16.2 Å². The number of hydrogen-bond donors (Lipinski definition) is 0. The van der Waals surface area contributed by atoms with Gasteiger partial charge < -0.3 is 4.74 Å². The molecule has 1 aliphatic heterocycles. The molecular weight excluding hydrogens is 258 g/mol. The summed E-state index contributed by atoms with van der Waals surface area (Å²) in [5.41, 5.74) is 0.980. The molecule has 0 fully saturated rings. The molecule has 1 heterocycles. The Labute approximate surface area is 105 Å². The third kappa shape index (κ3) is 3.23. The van der Waals surface area contributed by atoms with Gasteiger partial charge in [-0.15, -0.1) is 4.40 Å². The molecule has 92 valence electrons. The molecule has 0 saturated carbocycles. The van der Waals surface area contributed by atoms with E-state index in [0.29, 0.717) is 6.61 Å². The molecule has 6 heteroatoms. The highest BCUT2D eigenvalue weighted by atomic mass is 32.2. The highest BCUT2D eigenvalue weighted by Gasteiger charge is 2.29. The van der Waals surface area contributed by atoms with Gasteiger partial charge >= 0.3 is 0 Å². The van der Waals surface area contributed by atoms with Crippen molar-refractivity contribution in [1.82, 2.24) is 0 Å². The van der Waals surface area contributed by atoms with Crippen LogP contribution in [0.25, 0.3) is 0 Å². The van der Waals surface area contributed by atoms with Gasteiger partial charge in [0.2, 0.25) is 0 Å². The zero-order valence-corrected chi connectivity index (χ0v) is 11.0. The van der Waals surface area contributed by atoms with Gasteiger partial charge in [0.05, 0.1) is 17.6 Å². The van der Waals surface area contributed by atoms with E-state index >= 15 is 0 Å². The summed E-state index contributed by atoms with van der Waals surface area (Å²) in [7, 11) is -3.41. The number of hydrogen-bond acceptors (Lipinski definition) is 4. The number of nitrogens with zero attached hydrogens (tertiary/aromatic N) is 1. The van der Waals surface area contributed by atoms with E-state index in [2.05, 4.69) is 4.40 Å². The van der Waals surface area contributed by atoms with Crippen LogP contribution in [0.4, 0.5) is 0 Å². The van der Waals surface area contributed by atoms with Crippen molar-refractivity contribution < 1.29 is 13.2 Å². The van der Waals surface area contributed by atoms with Crippen molar-refractivity contribution in [2.24, 2.45) is 4.40 Å². The molecule has 1 unspecified atom stereocenters. The van der Waals surface area contributed by atoms with Crippen LogP contribution in [0.2, 0.25) is 0 Å². The van der Waals surface area contributed by atoms with Crippen molar-refractivity contribution in [3.63, 3.8) is 0 Å². The first kappa shape index (κ1) is 12.4. The number of sulfonamides is 1. The van der Waals surface area contributed by atoms with E-state index in [0.717, 1.165) is 5.56 Å². The minimum atomic E-state index is -3.41. The fraction of sp³-hybridized carbons (Fsp3) is 0.364. The molecule has 1 atom stereocenters. The van der Waals surface area contributed by atoms with Gasteiger partial charge in [-0.2, -0.15) is 0 Å². The van der Waals surface area contributed by atoms with E-state index in [1.807, 2.05) is 37.3 Å². The van der Waals surface area contributed by atoms with Gasteiger partial charge in [0.15, 0.2) is 0 Å². The van der Waals surface area contributed by atoms with Crippen molar-refractivity contribution in [1.29, 1.82) is 0 Å². The van der Waals surface area contributed by atoms with Gasteiger partial charge in [0, 0.05) is 0 Å². The van der Waals surface area contributed by atoms with Gasteiger partial charge in [-0.3, -0.25) is 0 Å². The maximum atomic E-state index is 11.6. The Balaban J connectivity index is 2.26. The summed E-state index contributed by atoms with van der Waals surface area (Å²) in [5, 5.41) is 0.104. The summed E-state index contributed by atoms with van der Waals surface area (Å²) in [5.74, 6) is 0.0260. The highest BCUT2D eigenvalue weighted by Crippen LogP contribution is 2.35. The first-order valence-corrected chi connectivity index (χ1v) is 7.76. The lowest BCUT2D eigenvalue weighted by Gasteiger charge is -2.20. The summed E-state index contributed by atoms with van der Waals surface area (Å²) in [6, 6.07) is 9.54. The van der Waals surface area contributed by atoms with Gasteiger partial charge in [-0.25, -0.2) is 8.42 Å². The third-order valence-corrected chi connectivity index (χ3v) is 4.92. The molecule has 2 rings (SSSR count). The quantitative estimate of drug-likeness (QED) is 0.827. The molecular formula is C11H13NO3S2. The average Bonchev–Trinajstić information content (AvgIpc) is 2.28. The number of benzene rings is 1. The molecule has 1 aliphatic rings. The Morgan fingerprint density at radius 3 is 2.76 bits per heavy atom. The van der Waals surface area contributed by atoms with Crippen LogP contribution in [0.3, 0.4) is 0 Å². The van der Waals surface area contributed by atoms with Crippen LogP contribution in [0.15, 0.2) is 34.7 Å². The van der Waals surface area contributed by atoms with Crippen LogP contribution in [0.1, 0.15) is 17.7 Å². The van der Waals surface area contributed by atoms with E-state index in [1.54, 1.807) is 0 Å². The summed E-state index contributed by atoms with van der Waals surface area (Å²) in [6.07, 6.45) is 0. The summed E-state index contributed by atoms with van der Waals surface area (Å²) >= 11 is 1.36. The van der Waals surface area contributed by atoms with Crippen LogP contribution >= 0.6 is 11.8 Å². The lowest BCUT2D eigenvalue weighted by Crippen LogP contribution is -2.20. The Bertz CT molecular complexity index is 511. The van der Waals surface area contributed by atoms with Crippen LogP contribution in [-0.4, -0.2) is 26.0 Å². The lowest BCUT2D eigenvalue weighted by molar-refractivity contribution is 0.338. The molecule has 0 aromatic heterocycles. The van der Waals surface area contributed by atoms with Gasteiger partial charge in [-0.05, 0) is 12.5 Å². The Morgan fingerprint density at radius 1 is 1.41 bits per heavy atom. The van der Waals surface area contributed by atoms with Gasteiger partial charge in [0.25, 0.3) is 15.3 Å². The monoisotopic (exact) mass is 271 g/mol. The van der Waals surface area contributed by atoms with Crippen molar-refractivity contribution in [3.05, 3.63) is 35.9 Å². The summed E-state index contributed by atoms with van der Waals surface area (Å²) in [4.78, 5) is 0. The second-order valence-electron chi connectivity index (χ2n) is 3.56. The van der Waals surface area contributed by atoms with E-state index in [4.69, 9.17) is 4.74 Å². The summed E-state index contributed by atoms with van der Waals surface area (Å²) in [6.45, 7) is 2.23. The van der Waals surface area contributed by atoms with Crippen molar-refractivity contribution in [2.75, 3.05) is 12.4 Å². The molecule has 0 N–H and O–H groups in total. The minimum Gasteiger partial charge on any atom is -0.473 e. The predicted molar refractivity (Wildman–Crippen MR) is 69.6 cm³/mol. The Hall–Kier alpha value is -1.01. The largest absolute Gasteiger partial charge is 0.473 e. The summed E-state index contributed by atoms with van der Waals surface area (Å²) < 4.78 is 32.1. The molecule has 0 saturated heterocycles. The van der Waals surface area contributed by atoms with Gasteiger partial charge in [-0.1, -0.05) is 42.1 Å². The molecule has 17 heavy (non-hydrogen) atoms. The number of thioether (sulfide) groups is 1. The van der Waals surface area contributed by atoms with Gasteiger partial charge in [0.1, 0.15) is 0 Å². The molecule has 0 bridgehead atoms. The third-order valence-electron chi connectivity index (χ3n) is 2.26. The standard InChI is InChI=1S/C11H13NO3S2/c1-2-15-11-12-17(13,14)8-10(16-11)9-6-4-3-5-7-9/h3-7,10H,2,8H2,1H3. The Morgan fingerprint density at radius 2 is 2.12 bits per heavy atom. The number of ether oxygens (including phenoxy) is 1. The predicted octanol–water partition coefficient (Wildman–Crippen LogP) is 2.20. The zero-order valence-electron chi connectivity index (χ0n) is 9.37. The Kier molecular flexibility index (Phi) is 3.73. The fourth-order valence-electron chi connectivity index (χ4n) is 1.54. The van der Waals surface area contributed by atoms with Crippen LogP contribution in [0, 0.1) is 0 Å². The van der Waals surface area contributed by atoms with Crippen LogP contribution in [0.5, 0.6) is 0 Å². The van der Waals surface area contributed by atoms with Crippen molar-refractivity contribution >= 4 is 27.0 Å².